The molecule has 0 aliphatic rings. The lowest BCUT2D eigenvalue weighted by atomic mass is 10.1. The number of halogens is 1. The van der Waals surface area contributed by atoms with E-state index in [0.717, 1.165) is 0 Å². The predicted octanol–water partition coefficient (Wildman–Crippen LogP) is 1.56. The Labute approximate surface area is 93.3 Å². The van der Waals surface area contributed by atoms with Crippen molar-refractivity contribution in [2.75, 3.05) is 0 Å². The van der Waals surface area contributed by atoms with Crippen LogP contribution < -0.4 is 0 Å². The van der Waals surface area contributed by atoms with Crippen LogP contribution in [0, 0.1) is 25.0 Å². The summed E-state index contributed by atoms with van der Waals surface area (Å²) in [5, 5.41) is 28.1. The van der Waals surface area contributed by atoms with Crippen molar-refractivity contribution in [2.24, 2.45) is 0 Å². The molecule has 0 radical (unpaired) electrons. The fourth-order valence-corrected chi connectivity index (χ4v) is 1.90. The summed E-state index contributed by atoms with van der Waals surface area (Å²) >= 11 is 1.77. The number of aliphatic hydroxyl groups excluding tert-OH is 1. The van der Waals surface area contributed by atoms with E-state index in [-0.39, 0.29) is 17.9 Å². The molecule has 0 atom stereocenters. The Morgan fingerprint density at radius 1 is 1.64 bits per heavy atom. The molecule has 1 aromatic carbocycles. The summed E-state index contributed by atoms with van der Waals surface area (Å²) in [5.41, 5.74) is 0.271. The molecule has 0 unspecified atom stereocenters. The molecule has 0 bridgehead atoms. The van der Waals surface area contributed by atoms with Crippen molar-refractivity contribution < 1.29 is 10.0 Å². The third-order valence-corrected chi connectivity index (χ3v) is 2.43. The molecule has 0 heterocycles. The van der Waals surface area contributed by atoms with Crippen molar-refractivity contribution in [3.05, 3.63) is 36.9 Å². The number of hydrogen-bond acceptors (Lipinski definition) is 4. The van der Waals surface area contributed by atoms with Crippen LogP contribution in [-0.2, 0) is 6.61 Å². The Bertz CT molecular complexity index is 425. The Kier molecular flexibility index (Phi) is 3.38. The second-order valence-corrected chi connectivity index (χ2v) is 3.66. The maximum absolute atomic E-state index is 10.6. The highest BCUT2D eigenvalue weighted by molar-refractivity contribution is 14.1. The van der Waals surface area contributed by atoms with E-state index in [9.17, 15) is 10.1 Å². The first-order chi connectivity index (χ1) is 6.60. The highest BCUT2D eigenvalue weighted by atomic mass is 127. The number of rotatable bonds is 2. The summed E-state index contributed by atoms with van der Waals surface area (Å²) in [6.45, 7) is -0.233. The van der Waals surface area contributed by atoms with Crippen molar-refractivity contribution in [2.45, 2.75) is 6.61 Å². The normalized spacial score (nSPS) is 9.50. The minimum Gasteiger partial charge on any atom is -0.392 e. The van der Waals surface area contributed by atoms with E-state index in [2.05, 4.69) is 0 Å². The lowest BCUT2D eigenvalue weighted by Gasteiger charge is -2.00. The molecule has 0 aliphatic heterocycles. The molecule has 0 fully saturated rings. The zero-order valence-corrected chi connectivity index (χ0v) is 9.06. The Morgan fingerprint density at radius 3 is 2.71 bits per heavy atom. The molecular weight excluding hydrogens is 299 g/mol. The molecule has 1 rings (SSSR count). The maximum atomic E-state index is 10.6. The van der Waals surface area contributed by atoms with Gasteiger partial charge in [0.05, 0.1) is 15.1 Å². The molecule has 14 heavy (non-hydrogen) atoms. The van der Waals surface area contributed by atoms with Gasteiger partial charge in [-0.15, -0.1) is 0 Å². The quantitative estimate of drug-likeness (QED) is 0.510. The third-order valence-electron chi connectivity index (χ3n) is 1.61. The van der Waals surface area contributed by atoms with Gasteiger partial charge in [0.25, 0.3) is 5.69 Å². The van der Waals surface area contributed by atoms with Gasteiger partial charge in [0.15, 0.2) is 0 Å². The van der Waals surface area contributed by atoms with Crippen molar-refractivity contribution in [1.82, 2.24) is 0 Å². The number of benzene rings is 1. The van der Waals surface area contributed by atoms with E-state index in [1.54, 1.807) is 28.7 Å². The Morgan fingerprint density at radius 2 is 2.29 bits per heavy atom. The maximum Gasteiger partial charge on any atom is 0.300 e. The van der Waals surface area contributed by atoms with E-state index in [0.29, 0.717) is 9.13 Å². The molecule has 0 aliphatic carbocycles. The van der Waals surface area contributed by atoms with Crippen LogP contribution in [0.15, 0.2) is 12.1 Å². The van der Waals surface area contributed by atoms with Crippen LogP contribution in [-0.4, -0.2) is 10.0 Å². The number of nitriles is 1. The molecule has 1 N–H and O–H groups in total. The highest BCUT2D eigenvalue weighted by Crippen LogP contribution is 2.26. The molecule has 0 saturated carbocycles. The van der Waals surface area contributed by atoms with Crippen molar-refractivity contribution in [1.29, 1.82) is 5.26 Å². The standard InChI is InChI=1S/C8H5IN2O3/c9-7-2-5(4-12)1-6(3-10)8(7)11(13)14/h1-2,12H,4H2. The van der Waals surface area contributed by atoms with Gasteiger partial charge in [-0.2, -0.15) is 5.26 Å². The minimum absolute atomic E-state index is 0.0223. The first-order valence-electron chi connectivity index (χ1n) is 3.58. The molecule has 0 spiro atoms. The minimum atomic E-state index is -0.596. The topological polar surface area (TPSA) is 87.2 Å². The van der Waals surface area contributed by atoms with E-state index < -0.39 is 4.92 Å². The van der Waals surface area contributed by atoms with E-state index >= 15 is 0 Å². The van der Waals surface area contributed by atoms with Crippen LogP contribution in [0.4, 0.5) is 5.69 Å². The molecule has 5 nitrogen and oxygen atoms in total. The van der Waals surface area contributed by atoms with Gasteiger partial charge in [-0.05, 0) is 40.3 Å². The average Bonchev–Trinajstić information content (AvgIpc) is 2.15. The average molecular weight is 304 g/mol. The Balaban J connectivity index is 3.44. The van der Waals surface area contributed by atoms with Crippen molar-refractivity contribution in [3.8, 4) is 6.07 Å². The highest BCUT2D eigenvalue weighted by Gasteiger charge is 2.19. The Hall–Kier alpha value is -1.20. The van der Waals surface area contributed by atoms with Crippen LogP contribution >= 0.6 is 22.6 Å². The van der Waals surface area contributed by atoms with Crippen LogP contribution in [0.5, 0.6) is 0 Å². The number of nitro benzene ring substituents is 1. The fraction of sp³-hybridized carbons (Fsp3) is 0.125. The number of aliphatic hydroxyl groups is 1. The predicted molar refractivity (Wildman–Crippen MR) is 56.5 cm³/mol. The lowest BCUT2D eigenvalue weighted by Crippen LogP contribution is -1.97. The van der Waals surface area contributed by atoms with Gasteiger partial charge in [0.1, 0.15) is 11.6 Å². The number of nitrogens with zero attached hydrogens (tertiary/aromatic N) is 2. The van der Waals surface area contributed by atoms with E-state index in [1.165, 1.54) is 12.1 Å². The summed E-state index contributed by atoms with van der Waals surface area (Å²) in [4.78, 5) is 9.99. The number of hydrogen-bond donors (Lipinski definition) is 1. The first-order valence-corrected chi connectivity index (χ1v) is 4.65. The molecule has 0 saturated heterocycles. The second kappa shape index (κ2) is 4.34. The van der Waals surface area contributed by atoms with Crippen LogP contribution in [0.3, 0.4) is 0 Å². The van der Waals surface area contributed by atoms with Gasteiger partial charge in [0, 0.05) is 0 Å². The van der Waals surface area contributed by atoms with Gasteiger partial charge in [-0.1, -0.05) is 0 Å². The lowest BCUT2D eigenvalue weighted by molar-refractivity contribution is -0.386. The zero-order chi connectivity index (χ0) is 10.7. The van der Waals surface area contributed by atoms with Crippen molar-refractivity contribution in [3.63, 3.8) is 0 Å². The fourth-order valence-electron chi connectivity index (χ4n) is 1.02. The molecule has 1 aromatic rings. The summed E-state index contributed by atoms with van der Waals surface area (Å²) < 4.78 is 0.357. The SMILES string of the molecule is N#Cc1cc(CO)cc(I)c1[N+](=O)[O-]. The summed E-state index contributed by atoms with van der Waals surface area (Å²) in [6.07, 6.45) is 0. The summed E-state index contributed by atoms with van der Waals surface area (Å²) in [5.74, 6) is 0. The second-order valence-electron chi connectivity index (χ2n) is 2.50. The van der Waals surface area contributed by atoms with Crippen molar-refractivity contribution >= 4 is 28.3 Å². The van der Waals surface area contributed by atoms with Gasteiger partial charge < -0.3 is 5.11 Å². The van der Waals surface area contributed by atoms with Gasteiger partial charge in [-0.3, -0.25) is 10.1 Å². The van der Waals surface area contributed by atoms with E-state index in [1.807, 2.05) is 0 Å². The largest absolute Gasteiger partial charge is 0.392 e. The zero-order valence-electron chi connectivity index (χ0n) is 6.90. The van der Waals surface area contributed by atoms with Gasteiger partial charge in [0.2, 0.25) is 0 Å². The van der Waals surface area contributed by atoms with Gasteiger partial charge in [-0.25, -0.2) is 0 Å². The molecule has 72 valence electrons. The summed E-state index contributed by atoms with van der Waals surface area (Å²) in [7, 11) is 0. The number of nitro groups is 1. The molecular formula is C8H5IN2O3. The third kappa shape index (κ3) is 2.00. The van der Waals surface area contributed by atoms with Crippen LogP contribution in [0.2, 0.25) is 0 Å². The van der Waals surface area contributed by atoms with E-state index in [4.69, 9.17) is 10.4 Å². The molecule has 6 heteroatoms. The smallest absolute Gasteiger partial charge is 0.300 e. The van der Waals surface area contributed by atoms with Crippen LogP contribution in [0.1, 0.15) is 11.1 Å². The molecule has 0 aromatic heterocycles. The van der Waals surface area contributed by atoms with Gasteiger partial charge >= 0.3 is 0 Å². The monoisotopic (exact) mass is 304 g/mol. The summed E-state index contributed by atoms with van der Waals surface area (Å²) in [6, 6.07) is 4.54. The first kappa shape index (κ1) is 10.9. The van der Waals surface area contributed by atoms with Crippen LogP contribution in [0.25, 0.3) is 0 Å². The molecule has 0 amide bonds.